The largest absolute Gasteiger partial charge is 0.450 e. The van der Waals surface area contributed by atoms with Gasteiger partial charge in [-0.05, 0) is 18.6 Å². The number of nitrogens with one attached hydrogen (secondary N) is 1. The molecule has 0 saturated heterocycles. The maximum Gasteiger partial charge on any atom is 0.297 e. The van der Waals surface area contributed by atoms with Crippen molar-refractivity contribution in [2.24, 2.45) is 0 Å². The van der Waals surface area contributed by atoms with Crippen LogP contribution in [-0.2, 0) is 0 Å². The lowest BCUT2D eigenvalue weighted by Gasteiger charge is -2.06. The highest BCUT2D eigenvalue weighted by Gasteiger charge is 2.19. The van der Waals surface area contributed by atoms with Gasteiger partial charge in [0.25, 0.3) is 6.43 Å². The van der Waals surface area contributed by atoms with Crippen LogP contribution in [0.15, 0.2) is 28.7 Å². The average Bonchev–Trinajstić information content (AvgIpc) is 2.83. The lowest BCUT2D eigenvalue weighted by molar-refractivity contribution is 0.141. The van der Waals surface area contributed by atoms with Gasteiger partial charge in [-0.25, -0.2) is 18.7 Å². The summed E-state index contributed by atoms with van der Waals surface area (Å²) >= 11 is 0. The monoisotopic (exact) mass is 277 g/mol. The van der Waals surface area contributed by atoms with Crippen LogP contribution in [0.2, 0.25) is 0 Å². The molecule has 0 bridgehead atoms. The maximum absolute atomic E-state index is 12.9. The molecule has 20 heavy (non-hydrogen) atoms. The number of hydrogen-bond acceptors (Lipinski definition) is 4. The number of fused-ring (bicyclic) bond motifs is 3. The number of anilines is 1. The summed E-state index contributed by atoms with van der Waals surface area (Å²) in [5.41, 5.74) is 1.45. The van der Waals surface area contributed by atoms with Gasteiger partial charge < -0.3 is 9.73 Å². The van der Waals surface area contributed by atoms with Gasteiger partial charge in [-0.15, -0.1) is 0 Å². The third kappa shape index (κ3) is 2.07. The molecule has 1 aromatic carbocycles. The molecule has 0 aliphatic heterocycles. The Kier molecular flexibility index (Phi) is 3.22. The summed E-state index contributed by atoms with van der Waals surface area (Å²) in [7, 11) is 0. The van der Waals surface area contributed by atoms with Crippen LogP contribution in [0.3, 0.4) is 0 Å². The molecule has 3 rings (SSSR count). The number of nitrogens with zero attached hydrogens (tertiary/aromatic N) is 2. The molecule has 0 aliphatic rings. The molecular weight excluding hydrogens is 264 g/mol. The van der Waals surface area contributed by atoms with Crippen LogP contribution in [0.5, 0.6) is 0 Å². The molecule has 0 unspecified atom stereocenters. The Bertz CT molecular complexity index is 755. The van der Waals surface area contributed by atoms with E-state index in [1.807, 2.05) is 19.1 Å². The second-order valence-corrected chi connectivity index (χ2v) is 4.43. The quantitative estimate of drug-likeness (QED) is 0.778. The van der Waals surface area contributed by atoms with Crippen LogP contribution in [0.4, 0.5) is 14.6 Å². The van der Waals surface area contributed by atoms with Crippen molar-refractivity contribution in [3.8, 4) is 0 Å². The molecular formula is C14H13F2N3O. The van der Waals surface area contributed by atoms with Crippen molar-refractivity contribution in [1.82, 2.24) is 9.97 Å². The number of hydrogen-bond donors (Lipinski definition) is 1. The van der Waals surface area contributed by atoms with Crippen molar-refractivity contribution in [2.75, 3.05) is 11.9 Å². The predicted octanol–water partition coefficient (Wildman–Crippen LogP) is 4.14. The number of rotatable bonds is 4. The van der Waals surface area contributed by atoms with Crippen LogP contribution in [0.1, 0.15) is 25.6 Å². The van der Waals surface area contributed by atoms with E-state index in [0.717, 1.165) is 6.42 Å². The Hall–Kier alpha value is -2.24. The molecule has 104 valence electrons. The minimum Gasteiger partial charge on any atom is -0.450 e. The molecule has 0 radical (unpaired) electrons. The smallest absolute Gasteiger partial charge is 0.297 e. The maximum atomic E-state index is 12.9. The summed E-state index contributed by atoms with van der Waals surface area (Å²) in [6, 6.07) is 7.22. The standard InChI is InChI=1S/C14H13F2N3O/c1-2-7-17-13-11-10(18-14(19-13)12(15)16)8-5-3-4-6-9(8)20-11/h3-6,12H,2,7H2,1H3,(H,17,18,19). The van der Waals surface area contributed by atoms with E-state index in [1.165, 1.54) is 0 Å². The third-order valence-corrected chi connectivity index (χ3v) is 2.97. The molecule has 3 aromatic rings. The molecule has 0 spiro atoms. The first-order valence-electron chi connectivity index (χ1n) is 6.42. The molecule has 6 heteroatoms. The van der Waals surface area contributed by atoms with Gasteiger partial charge in [0.1, 0.15) is 11.1 Å². The summed E-state index contributed by atoms with van der Waals surface area (Å²) in [5.74, 6) is -0.161. The van der Waals surface area contributed by atoms with E-state index in [2.05, 4.69) is 15.3 Å². The third-order valence-electron chi connectivity index (χ3n) is 2.97. The van der Waals surface area contributed by atoms with Crippen LogP contribution >= 0.6 is 0 Å². The van der Waals surface area contributed by atoms with Crippen molar-refractivity contribution in [3.63, 3.8) is 0 Å². The molecule has 0 atom stereocenters. The zero-order chi connectivity index (χ0) is 14.1. The van der Waals surface area contributed by atoms with Crippen molar-refractivity contribution in [2.45, 2.75) is 19.8 Å². The average molecular weight is 277 g/mol. The fourth-order valence-corrected chi connectivity index (χ4v) is 2.07. The van der Waals surface area contributed by atoms with Crippen molar-refractivity contribution in [1.29, 1.82) is 0 Å². The first-order chi connectivity index (χ1) is 9.70. The number of benzene rings is 1. The Morgan fingerprint density at radius 1 is 1.25 bits per heavy atom. The van der Waals surface area contributed by atoms with Gasteiger partial charge in [0.05, 0.1) is 0 Å². The Morgan fingerprint density at radius 2 is 2.05 bits per heavy atom. The van der Waals surface area contributed by atoms with E-state index in [4.69, 9.17) is 4.42 Å². The van der Waals surface area contributed by atoms with Crippen LogP contribution < -0.4 is 5.32 Å². The summed E-state index contributed by atoms with van der Waals surface area (Å²) in [4.78, 5) is 7.80. The minimum absolute atomic E-state index is 0.323. The number of halogens is 2. The van der Waals surface area contributed by atoms with Crippen LogP contribution in [0.25, 0.3) is 22.1 Å². The lowest BCUT2D eigenvalue weighted by atomic mass is 10.2. The number of para-hydroxylation sites is 1. The molecule has 0 amide bonds. The first kappa shape index (κ1) is 12.8. The van der Waals surface area contributed by atoms with Gasteiger partial charge in [-0.2, -0.15) is 0 Å². The molecule has 2 aromatic heterocycles. The molecule has 1 N–H and O–H groups in total. The highest BCUT2D eigenvalue weighted by molar-refractivity contribution is 6.05. The van der Waals surface area contributed by atoms with Crippen molar-refractivity contribution >= 4 is 27.9 Å². The summed E-state index contributed by atoms with van der Waals surface area (Å²) in [6.45, 7) is 2.61. The van der Waals surface area contributed by atoms with Gasteiger partial charge >= 0.3 is 0 Å². The van der Waals surface area contributed by atoms with Gasteiger partial charge in [0, 0.05) is 11.9 Å². The normalized spacial score (nSPS) is 11.6. The van der Waals surface area contributed by atoms with E-state index < -0.39 is 12.2 Å². The zero-order valence-corrected chi connectivity index (χ0v) is 10.9. The second-order valence-electron chi connectivity index (χ2n) is 4.43. The Balaban J connectivity index is 2.28. The van der Waals surface area contributed by atoms with Gasteiger partial charge in [-0.1, -0.05) is 19.1 Å². The fourth-order valence-electron chi connectivity index (χ4n) is 2.07. The van der Waals surface area contributed by atoms with E-state index >= 15 is 0 Å². The van der Waals surface area contributed by atoms with Crippen LogP contribution in [0, 0.1) is 0 Å². The second kappa shape index (κ2) is 5.03. The number of alkyl halides is 2. The van der Waals surface area contributed by atoms with Gasteiger partial charge in [0.15, 0.2) is 17.2 Å². The van der Waals surface area contributed by atoms with Crippen molar-refractivity contribution in [3.05, 3.63) is 30.1 Å². The lowest BCUT2D eigenvalue weighted by Crippen LogP contribution is -2.05. The number of aromatic nitrogens is 2. The minimum atomic E-state index is -2.71. The van der Waals surface area contributed by atoms with Crippen LogP contribution in [-0.4, -0.2) is 16.5 Å². The molecule has 0 saturated carbocycles. The Labute approximate surface area is 113 Å². The molecule has 4 nitrogen and oxygen atoms in total. The van der Waals surface area contributed by atoms with E-state index in [9.17, 15) is 8.78 Å². The fraction of sp³-hybridized carbons (Fsp3) is 0.286. The molecule has 0 fully saturated rings. The predicted molar refractivity (Wildman–Crippen MR) is 73.0 cm³/mol. The summed E-state index contributed by atoms with van der Waals surface area (Å²) in [5, 5.41) is 3.73. The summed E-state index contributed by atoms with van der Waals surface area (Å²) in [6.07, 6.45) is -1.86. The first-order valence-corrected chi connectivity index (χ1v) is 6.42. The summed E-state index contributed by atoms with van der Waals surface area (Å²) < 4.78 is 31.5. The van der Waals surface area contributed by atoms with Gasteiger partial charge in [0.2, 0.25) is 0 Å². The Morgan fingerprint density at radius 3 is 2.80 bits per heavy atom. The SMILES string of the molecule is CCCNc1nc(C(F)F)nc2c1oc1ccccc12. The van der Waals surface area contributed by atoms with Crippen molar-refractivity contribution < 1.29 is 13.2 Å². The molecule has 2 heterocycles. The van der Waals surface area contributed by atoms with E-state index in [1.54, 1.807) is 12.1 Å². The van der Waals surface area contributed by atoms with Gasteiger partial charge in [-0.3, -0.25) is 0 Å². The van der Waals surface area contributed by atoms with E-state index in [0.29, 0.717) is 34.4 Å². The highest BCUT2D eigenvalue weighted by Crippen LogP contribution is 2.32. The topological polar surface area (TPSA) is 51.0 Å². The number of furan rings is 1. The zero-order valence-electron chi connectivity index (χ0n) is 10.9. The molecule has 0 aliphatic carbocycles. The highest BCUT2D eigenvalue weighted by atomic mass is 19.3. The van der Waals surface area contributed by atoms with E-state index in [-0.39, 0.29) is 0 Å².